The number of aliphatic carboxylic acids is 1. The van der Waals surface area contributed by atoms with Crippen LogP contribution in [0.4, 0.5) is 5.69 Å². The maximum absolute atomic E-state index is 12.6. The first-order valence-electron chi connectivity index (χ1n) is 8.16. The number of hydrogen-bond acceptors (Lipinski definition) is 7. The van der Waals surface area contributed by atoms with Gasteiger partial charge >= 0.3 is 5.97 Å². The molecule has 1 atom stereocenters. The number of carbonyl (C=O) groups excluding carboxylic acids is 1. The number of furan rings is 1. The van der Waals surface area contributed by atoms with Crippen molar-refractivity contribution in [1.29, 1.82) is 0 Å². The Morgan fingerprint density at radius 3 is 2.82 bits per heavy atom. The summed E-state index contributed by atoms with van der Waals surface area (Å²) in [5.41, 5.74) is 0.467. The van der Waals surface area contributed by atoms with E-state index in [1.807, 2.05) is 0 Å². The number of thiocarbonyl (C=S) groups is 1. The van der Waals surface area contributed by atoms with Gasteiger partial charge in [0, 0.05) is 23.8 Å². The summed E-state index contributed by atoms with van der Waals surface area (Å²) in [4.78, 5) is 35.7. The van der Waals surface area contributed by atoms with Crippen LogP contribution < -0.4 is 0 Å². The molecule has 2 heterocycles. The zero-order valence-electron chi connectivity index (χ0n) is 14.5. The van der Waals surface area contributed by atoms with Gasteiger partial charge in [0.1, 0.15) is 21.9 Å². The van der Waals surface area contributed by atoms with E-state index in [0.29, 0.717) is 17.1 Å². The molecule has 144 valence electrons. The van der Waals surface area contributed by atoms with Crippen molar-refractivity contribution in [2.45, 2.75) is 19.4 Å². The molecule has 0 bridgehead atoms. The fourth-order valence-corrected chi connectivity index (χ4v) is 4.04. The van der Waals surface area contributed by atoms with Gasteiger partial charge in [0.05, 0.1) is 9.83 Å². The van der Waals surface area contributed by atoms with E-state index in [4.69, 9.17) is 16.6 Å². The lowest BCUT2D eigenvalue weighted by molar-refractivity contribution is -0.384. The first kappa shape index (κ1) is 19.8. The predicted molar refractivity (Wildman–Crippen MR) is 108 cm³/mol. The Morgan fingerprint density at radius 2 is 2.18 bits per heavy atom. The summed E-state index contributed by atoms with van der Waals surface area (Å²) in [7, 11) is 0. The quantitative estimate of drug-likeness (QED) is 0.325. The van der Waals surface area contributed by atoms with E-state index in [1.54, 1.807) is 31.2 Å². The van der Waals surface area contributed by atoms with E-state index < -0.39 is 22.8 Å². The number of nitro benzene ring substituents is 1. The topological polar surface area (TPSA) is 114 Å². The average Bonchev–Trinajstić information content (AvgIpc) is 3.22. The molecule has 0 radical (unpaired) electrons. The van der Waals surface area contributed by atoms with E-state index >= 15 is 0 Å². The molecular weight excluding hydrogens is 404 g/mol. The highest BCUT2D eigenvalue weighted by atomic mass is 32.2. The number of amides is 1. The van der Waals surface area contributed by atoms with Crippen molar-refractivity contribution in [3.05, 3.63) is 57.2 Å². The van der Waals surface area contributed by atoms with Crippen molar-refractivity contribution in [2.24, 2.45) is 0 Å². The predicted octanol–water partition coefficient (Wildman–Crippen LogP) is 3.92. The fourth-order valence-electron chi connectivity index (χ4n) is 2.70. The third kappa shape index (κ3) is 3.82. The Labute approximate surface area is 169 Å². The lowest BCUT2D eigenvalue weighted by atomic mass is 10.1. The van der Waals surface area contributed by atoms with E-state index in [0.717, 1.165) is 16.7 Å². The molecular formula is C18H14N2O6S2. The first-order chi connectivity index (χ1) is 13.3. The summed E-state index contributed by atoms with van der Waals surface area (Å²) < 4.78 is 5.85. The molecule has 2 aromatic rings. The second-order valence-corrected chi connectivity index (χ2v) is 7.50. The maximum atomic E-state index is 12.6. The van der Waals surface area contributed by atoms with Crippen LogP contribution in [-0.2, 0) is 9.59 Å². The van der Waals surface area contributed by atoms with Crippen LogP contribution in [0, 0.1) is 10.1 Å². The normalized spacial score (nSPS) is 16.6. The van der Waals surface area contributed by atoms with Crippen LogP contribution in [0.3, 0.4) is 0 Å². The third-order valence-electron chi connectivity index (χ3n) is 4.05. The SMILES string of the molecule is CCC(C(=O)O)N1C(=O)/C(=C\c2ccc(-c3cccc([N+](=O)[O-])c3)o2)SC1=S. The zero-order valence-corrected chi connectivity index (χ0v) is 16.2. The number of nitrogens with zero attached hydrogens (tertiary/aromatic N) is 2. The van der Waals surface area contributed by atoms with Crippen molar-refractivity contribution in [3.63, 3.8) is 0 Å². The molecule has 0 spiro atoms. The molecule has 0 aliphatic carbocycles. The molecule has 10 heteroatoms. The van der Waals surface area contributed by atoms with Crippen molar-refractivity contribution < 1.29 is 24.0 Å². The lowest BCUT2D eigenvalue weighted by Gasteiger charge is -2.21. The molecule has 1 aliphatic heterocycles. The Morgan fingerprint density at radius 1 is 1.43 bits per heavy atom. The van der Waals surface area contributed by atoms with Gasteiger partial charge in [-0.3, -0.25) is 19.8 Å². The number of thioether (sulfide) groups is 1. The summed E-state index contributed by atoms with van der Waals surface area (Å²) in [5, 5.41) is 20.2. The number of rotatable bonds is 6. The molecule has 1 saturated heterocycles. The number of non-ortho nitro benzene ring substituents is 1. The van der Waals surface area contributed by atoms with Crippen LogP contribution in [0.1, 0.15) is 19.1 Å². The van der Waals surface area contributed by atoms with E-state index in [9.17, 15) is 24.8 Å². The smallest absolute Gasteiger partial charge is 0.326 e. The molecule has 28 heavy (non-hydrogen) atoms. The molecule has 1 unspecified atom stereocenters. The van der Waals surface area contributed by atoms with Crippen molar-refractivity contribution in [3.8, 4) is 11.3 Å². The second-order valence-electron chi connectivity index (χ2n) is 5.82. The van der Waals surface area contributed by atoms with Crippen LogP contribution in [0.15, 0.2) is 45.7 Å². The van der Waals surface area contributed by atoms with Gasteiger partial charge in [-0.15, -0.1) is 0 Å². The van der Waals surface area contributed by atoms with Crippen molar-refractivity contribution >= 4 is 51.9 Å². The van der Waals surface area contributed by atoms with Gasteiger partial charge in [0.2, 0.25) is 0 Å². The summed E-state index contributed by atoms with van der Waals surface area (Å²) in [5.74, 6) is -0.851. The highest BCUT2D eigenvalue weighted by molar-refractivity contribution is 8.26. The molecule has 1 aromatic carbocycles. The molecule has 3 rings (SSSR count). The van der Waals surface area contributed by atoms with E-state index in [-0.39, 0.29) is 21.3 Å². The van der Waals surface area contributed by atoms with Gasteiger partial charge in [0.25, 0.3) is 11.6 Å². The highest BCUT2D eigenvalue weighted by Crippen LogP contribution is 2.35. The highest BCUT2D eigenvalue weighted by Gasteiger charge is 2.39. The second kappa shape index (κ2) is 7.95. The minimum Gasteiger partial charge on any atom is -0.480 e. The van der Waals surface area contributed by atoms with Gasteiger partial charge in [-0.25, -0.2) is 4.79 Å². The Hall–Kier alpha value is -2.98. The summed E-state index contributed by atoms with van der Waals surface area (Å²) >= 11 is 6.17. The van der Waals surface area contributed by atoms with Gasteiger partial charge in [0.15, 0.2) is 0 Å². The van der Waals surface area contributed by atoms with E-state index in [1.165, 1.54) is 18.2 Å². The lowest BCUT2D eigenvalue weighted by Crippen LogP contribution is -2.43. The fraction of sp³-hybridized carbons (Fsp3) is 0.167. The number of carboxylic acids is 1. The van der Waals surface area contributed by atoms with Gasteiger partial charge in [-0.05, 0) is 18.6 Å². The summed E-state index contributed by atoms with van der Waals surface area (Å²) in [6.07, 6.45) is 1.71. The monoisotopic (exact) mass is 418 g/mol. The number of carboxylic acid groups (broad SMARTS) is 1. The van der Waals surface area contributed by atoms with Crippen LogP contribution in [0.2, 0.25) is 0 Å². The van der Waals surface area contributed by atoms with Crippen molar-refractivity contribution in [1.82, 2.24) is 4.90 Å². The van der Waals surface area contributed by atoms with Crippen LogP contribution >= 0.6 is 24.0 Å². The molecule has 1 aliphatic rings. The molecule has 1 fully saturated rings. The molecule has 1 N–H and O–H groups in total. The standard InChI is InChI=1S/C18H14N2O6S2/c1-2-13(17(22)23)19-16(21)15(28-18(19)27)9-12-6-7-14(26-12)10-4-3-5-11(8-10)20(24)25/h3-9,13H,2H2,1H3,(H,22,23)/b15-9+. The van der Waals surface area contributed by atoms with Gasteiger partial charge < -0.3 is 9.52 Å². The Kier molecular flexibility index (Phi) is 5.61. The van der Waals surface area contributed by atoms with Gasteiger partial charge in [-0.2, -0.15) is 0 Å². The Bertz CT molecular complexity index is 1010. The first-order valence-corrected chi connectivity index (χ1v) is 9.38. The van der Waals surface area contributed by atoms with Crippen molar-refractivity contribution in [2.75, 3.05) is 0 Å². The van der Waals surface area contributed by atoms with Crippen LogP contribution in [0.5, 0.6) is 0 Å². The molecule has 1 amide bonds. The number of hydrogen-bond donors (Lipinski definition) is 1. The largest absolute Gasteiger partial charge is 0.480 e. The average molecular weight is 418 g/mol. The number of carbonyl (C=O) groups is 2. The van der Waals surface area contributed by atoms with Crippen LogP contribution in [0.25, 0.3) is 17.4 Å². The summed E-state index contributed by atoms with van der Waals surface area (Å²) in [6, 6.07) is 8.24. The van der Waals surface area contributed by atoms with Crippen LogP contribution in [-0.4, -0.2) is 37.2 Å². The third-order valence-corrected chi connectivity index (χ3v) is 5.38. The minimum absolute atomic E-state index is 0.0596. The maximum Gasteiger partial charge on any atom is 0.326 e. The Balaban J connectivity index is 1.87. The number of nitro groups is 1. The van der Waals surface area contributed by atoms with Gasteiger partial charge in [-0.1, -0.05) is 43.0 Å². The number of benzene rings is 1. The molecule has 8 nitrogen and oxygen atoms in total. The summed E-state index contributed by atoms with van der Waals surface area (Å²) in [6.45, 7) is 1.67. The molecule has 1 aromatic heterocycles. The molecule has 0 saturated carbocycles. The minimum atomic E-state index is -1.12. The van der Waals surface area contributed by atoms with E-state index in [2.05, 4.69) is 0 Å². The zero-order chi connectivity index (χ0) is 20.4.